The van der Waals surface area contributed by atoms with Crippen molar-refractivity contribution in [1.82, 2.24) is 9.78 Å². The molecule has 1 aromatic heterocycles. The number of hydrogen-bond acceptors (Lipinski definition) is 7. The van der Waals surface area contributed by atoms with Gasteiger partial charge in [0.2, 0.25) is 5.91 Å². The number of benzene rings is 2. The van der Waals surface area contributed by atoms with Crippen LogP contribution in [-0.4, -0.2) is 34.8 Å². The maximum atomic E-state index is 12.8. The van der Waals surface area contributed by atoms with Crippen LogP contribution in [0.3, 0.4) is 0 Å². The van der Waals surface area contributed by atoms with Crippen molar-refractivity contribution >= 4 is 17.3 Å². The molecule has 1 heterocycles. The zero-order chi connectivity index (χ0) is 22.5. The van der Waals surface area contributed by atoms with Gasteiger partial charge in [-0.2, -0.15) is 5.10 Å². The lowest BCUT2D eigenvalue weighted by molar-refractivity contribution is -0.384. The normalized spacial score (nSPS) is 11.5. The summed E-state index contributed by atoms with van der Waals surface area (Å²) in [5, 5.41) is 17.9. The highest BCUT2D eigenvalue weighted by molar-refractivity contribution is 5.95. The molecule has 31 heavy (non-hydrogen) atoms. The largest absolute Gasteiger partial charge is 0.497 e. The Hall–Kier alpha value is -4.21. The summed E-state index contributed by atoms with van der Waals surface area (Å²) < 4.78 is 11.3. The van der Waals surface area contributed by atoms with Gasteiger partial charge >= 0.3 is 0 Å². The van der Waals surface area contributed by atoms with E-state index in [4.69, 9.17) is 9.47 Å². The summed E-state index contributed by atoms with van der Waals surface area (Å²) in [6.07, 6.45) is 0. The molecule has 10 nitrogen and oxygen atoms in total. The van der Waals surface area contributed by atoms with Crippen LogP contribution < -0.4 is 20.3 Å². The third-order valence-corrected chi connectivity index (χ3v) is 4.61. The molecule has 0 aliphatic heterocycles. The van der Waals surface area contributed by atoms with Gasteiger partial charge in [-0.25, -0.2) is 4.68 Å². The van der Waals surface area contributed by atoms with Crippen LogP contribution >= 0.6 is 0 Å². The fraction of sp³-hybridized carbons (Fsp3) is 0.190. The highest BCUT2D eigenvalue weighted by Gasteiger charge is 2.21. The fourth-order valence-corrected chi connectivity index (χ4v) is 2.86. The highest BCUT2D eigenvalue weighted by atomic mass is 16.6. The first-order chi connectivity index (χ1) is 14.8. The fourth-order valence-electron chi connectivity index (χ4n) is 2.86. The monoisotopic (exact) mass is 424 g/mol. The molecule has 0 fully saturated rings. The van der Waals surface area contributed by atoms with E-state index in [2.05, 4.69) is 10.4 Å². The smallest absolute Gasteiger partial charge is 0.273 e. The maximum Gasteiger partial charge on any atom is 0.273 e. The number of nitrogens with zero attached hydrogens (tertiary/aromatic N) is 3. The summed E-state index contributed by atoms with van der Waals surface area (Å²) in [6, 6.07) is 12.9. The molecule has 1 unspecified atom stereocenters. The van der Waals surface area contributed by atoms with Gasteiger partial charge in [-0.1, -0.05) is 0 Å². The number of anilines is 1. The number of hydrogen-bond donors (Lipinski definition) is 1. The van der Waals surface area contributed by atoms with E-state index in [0.717, 1.165) is 10.2 Å². The molecule has 10 heteroatoms. The number of non-ortho nitro benzene ring substituents is 1. The van der Waals surface area contributed by atoms with Gasteiger partial charge < -0.3 is 14.8 Å². The van der Waals surface area contributed by atoms with Crippen molar-refractivity contribution in [1.29, 1.82) is 0 Å². The molecule has 2 aromatic carbocycles. The molecule has 0 saturated carbocycles. The lowest BCUT2D eigenvalue weighted by atomic mass is 10.1. The number of methoxy groups -OCH3 is 2. The van der Waals surface area contributed by atoms with E-state index >= 15 is 0 Å². The summed E-state index contributed by atoms with van der Waals surface area (Å²) >= 11 is 0. The summed E-state index contributed by atoms with van der Waals surface area (Å²) in [6.45, 7) is 1.53. The standard InChI is InChI=1S/C21H20N4O6/c1-13(21(27)22-18-9-6-15(25(28)29)12-19(18)31-3)24-20(26)11-10-17(23-24)14-4-7-16(30-2)8-5-14/h4-13H,1-3H3,(H,22,27). The lowest BCUT2D eigenvalue weighted by Gasteiger charge is -2.16. The molecule has 160 valence electrons. The predicted octanol–water partition coefficient (Wildman–Crippen LogP) is 3.04. The first kappa shape index (κ1) is 21.5. The number of ether oxygens (including phenoxy) is 2. The van der Waals surface area contributed by atoms with Gasteiger partial charge in [0.05, 0.1) is 36.6 Å². The van der Waals surface area contributed by atoms with Gasteiger partial charge in [-0.15, -0.1) is 0 Å². The Morgan fingerprint density at radius 2 is 1.81 bits per heavy atom. The Bertz CT molecular complexity index is 1170. The van der Waals surface area contributed by atoms with Crippen molar-refractivity contribution in [3.63, 3.8) is 0 Å². The molecule has 0 bridgehead atoms. The Balaban J connectivity index is 1.86. The van der Waals surface area contributed by atoms with Gasteiger partial charge in [0, 0.05) is 17.7 Å². The first-order valence-electron chi connectivity index (χ1n) is 9.21. The number of rotatable bonds is 7. The minimum absolute atomic E-state index is 0.127. The van der Waals surface area contributed by atoms with Crippen molar-refractivity contribution in [2.45, 2.75) is 13.0 Å². The number of aromatic nitrogens is 2. The number of nitro groups is 1. The number of carbonyl (C=O) groups excluding carboxylic acids is 1. The Morgan fingerprint density at radius 3 is 2.42 bits per heavy atom. The average Bonchev–Trinajstić information content (AvgIpc) is 2.79. The molecule has 0 saturated heterocycles. The number of nitro benzene ring substituents is 1. The summed E-state index contributed by atoms with van der Waals surface area (Å²) in [4.78, 5) is 35.5. The van der Waals surface area contributed by atoms with E-state index in [1.165, 1.54) is 38.3 Å². The van der Waals surface area contributed by atoms with Crippen molar-refractivity contribution in [2.75, 3.05) is 19.5 Å². The molecule has 1 N–H and O–H groups in total. The quantitative estimate of drug-likeness (QED) is 0.456. The number of amides is 1. The van der Waals surface area contributed by atoms with Crippen LogP contribution in [0.1, 0.15) is 13.0 Å². The third kappa shape index (κ3) is 4.69. The lowest BCUT2D eigenvalue weighted by Crippen LogP contribution is -2.33. The summed E-state index contributed by atoms with van der Waals surface area (Å²) in [7, 11) is 2.90. The first-order valence-corrected chi connectivity index (χ1v) is 9.21. The topological polar surface area (TPSA) is 126 Å². The van der Waals surface area contributed by atoms with Crippen LogP contribution in [0.4, 0.5) is 11.4 Å². The van der Waals surface area contributed by atoms with Crippen LogP contribution in [-0.2, 0) is 4.79 Å². The minimum atomic E-state index is -0.953. The molecule has 0 aliphatic carbocycles. The van der Waals surface area contributed by atoms with E-state index in [1.807, 2.05) is 0 Å². The second-order valence-corrected chi connectivity index (χ2v) is 6.54. The van der Waals surface area contributed by atoms with Crippen LogP contribution in [0.2, 0.25) is 0 Å². The average molecular weight is 424 g/mol. The third-order valence-electron chi connectivity index (χ3n) is 4.61. The zero-order valence-corrected chi connectivity index (χ0v) is 17.1. The Morgan fingerprint density at radius 1 is 1.10 bits per heavy atom. The summed E-state index contributed by atoms with van der Waals surface area (Å²) in [5.41, 5.74) is 0.877. The molecule has 0 aliphatic rings. The molecule has 3 rings (SSSR count). The molecular weight excluding hydrogens is 404 g/mol. The van der Waals surface area contributed by atoms with Gasteiger partial charge in [0.25, 0.3) is 11.2 Å². The minimum Gasteiger partial charge on any atom is -0.497 e. The van der Waals surface area contributed by atoms with Crippen molar-refractivity contribution < 1.29 is 19.2 Å². The van der Waals surface area contributed by atoms with Crippen molar-refractivity contribution in [3.8, 4) is 22.8 Å². The van der Waals surface area contributed by atoms with Crippen LogP contribution in [0.25, 0.3) is 11.3 Å². The zero-order valence-electron chi connectivity index (χ0n) is 17.1. The van der Waals surface area contributed by atoms with Gasteiger partial charge in [-0.05, 0) is 43.3 Å². The molecule has 0 radical (unpaired) electrons. The molecule has 0 spiro atoms. The Kier molecular flexibility index (Phi) is 6.29. The van der Waals surface area contributed by atoms with E-state index in [1.54, 1.807) is 37.4 Å². The van der Waals surface area contributed by atoms with Gasteiger partial charge in [0.1, 0.15) is 17.5 Å². The SMILES string of the molecule is COc1ccc(-c2ccc(=O)n(C(C)C(=O)Nc3ccc([N+](=O)[O-])cc3OC)n2)cc1. The van der Waals surface area contributed by atoms with Gasteiger partial charge in [0.15, 0.2) is 0 Å². The van der Waals surface area contributed by atoms with Crippen molar-refractivity contribution in [3.05, 3.63) is 75.1 Å². The second kappa shape index (κ2) is 9.08. The maximum absolute atomic E-state index is 12.8. The molecule has 3 aromatic rings. The highest BCUT2D eigenvalue weighted by Crippen LogP contribution is 2.29. The number of carbonyl (C=O) groups is 1. The van der Waals surface area contributed by atoms with Gasteiger partial charge in [-0.3, -0.25) is 19.7 Å². The molecule has 1 atom stereocenters. The molecule has 1 amide bonds. The molecular formula is C21H20N4O6. The van der Waals surface area contributed by atoms with E-state index in [-0.39, 0.29) is 17.1 Å². The van der Waals surface area contributed by atoms with Crippen LogP contribution in [0, 0.1) is 10.1 Å². The van der Waals surface area contributed by atoms with E-state index in [0.29, 0.717) is 11.4 Å². The number of nitrogens with one attached hydrogen (secondary N) is 1. The van der Waals surface area contributed by atoms with E-state index in [9.17, 15) is 19.7 Å². The van der Waals surface area contributed by atoms with Crippen molar-refractivity contribution in [2.24, 2.45) is 0 Å². The van der Waals surface area contributed by atoms with Crippen LogP contribution in [0.15, 0.2) is 59.4 Å². The predicted molar refractivity (Wildman–Crippen MR) is 113 cm³/mol. The summed E-state index contributed by atoms with van der Waals surface area (Å²) in [5.74, 6) is 0.275. The van der Waals surface area contributed by atoms with Crippen LogP contribution in [0.5, 0.6) is 11.5 Å². The van der Waals surface area contributed by atoms with E-state index < -0.39 is 22.4 Å². The second-order valence-electron chi connectivity index (χ2n) is 6.54. The Labute approximate surface area is 177 Å².